The van der Waals surface area contributed by atoms with Crippen LogP contribution in [0.25, 0.3) is 0 Å². The van der Waals surface area contributed by atoms with E-state index in [1.165, 1.54) is 64.2 Å². The van der Waals surface area contributed by atoms with Gasteiger partial charge in [-0.15, -0.1) is 0 Å². The Morgan fingerprint density at radius 2 is 1.68 bits per heavy atom. The number of carbonyl (C=O) groups is 1. The van der Waals surface area contributed by atoms with Crippen LogP contribution in [0.4, 0.5) is 0 Å². The minimum Gasteiger partial charge on any atom is -0.393 e. The Morgan fingerprint density at radius 1 is 0.951 bits per heavy atom. The molecule has 0 radical (unpaired) electrons. The molecule has 41 heavy (non-hydrogen) atoms. The van der Waals surface area contributed by atoms with Gasteiger partial charge in [0.2, 0.25) is 6.41 Å². The highest BCUT2D eigenvalue weighted by molar-refractivity contribution is 5.46. The van der Waals surface area contributed by atoms with E-state index in [4.69, 9.17) is 4.74 Å². The molecule has 5 fully saturated rings. The van der Waals surface area contributed by atoms with Gasteiger partial charge in [0.1, 0.15) is 0 Å². The van der Waals surface area contributed by atoms with Crippen molar-refractivity contribution in [2.24, 2.45) is 51.8 Å². The number of aliphatic hydroxyl groups excluding tert-OH is 1. The zero-order valence-corrected chi connectivity index (χ0v) is 28.1. The highest BCUT2D eigenvalue weighted by Crippen LogP contribution is 2.79. The fraction of sp³-hybridized carbons (Fsp3) is 0.973. The number of amides is 1. The molecule has 0 saturated heterocycles. The van der Waals surface area contributed by atoms with Crippen LogP contribution < -0.4 is 0 Å². The molecule has 4 heteroatoms. The topological polar surface area (TPSA) is 49.8 Å². The van der Waals surface area contributed by atoms with E-state index in [1.807, 2.05) is 0 Å². The largest absolute Gasteiger partial charge is 0.393 e. The maximum Gasteiger partial charge on any atom is 0.209 e. The number of nitrogens with zero attached hydrogens (tertiary/aromatic N) is 1. The molecule has 1 amide bonds. The number of aliphatic hydroxyl groups is 1. The van der Waals surface area contributed by atoms with E-state index in [9.17, 15) is 9.90 Å². The van der Waals surface area contributed by atoms with E-state index >= 15 is 0 Å². The lowest BCUT2D eigenvalue weighted by molar-refractivity contribution is -0.118. The number of hydrogen-bond acceptors (Lipinski definition) is 3. The molecule has 0 aliphatic heterocycles. The third-order valence-corrected chi connectivity index (χ3v) is 14.0. The van der Waals surface area contributed by atoms with Crippen LogP contribution in [0.5, 0.6) is 0 Å². The molecule has 5 saturated carbocycles. The maximum atomic E-state index is 10.6. The second-order valence-electron chi connectivity index (χ2n) is 15.7. The molecular weight excluding hydrogens is 506 g/mol. The number of hydrogen-bond donors (Lipinski definition) is 1. The Kier molecular flexibility index (Phi) is 11.4. The predicted molar refractivity (Wildman–Crippen MR) is 171 cm³/mol. The molecule has 0 aromatic carbocycles. The highest BCUT2D eigenvalue weighted by Gasteiger charge is 2.72. The van der Waals surface area contributed by atoms with Crippen molar-refractivity contribution in [3.8, 4) is 0 Å². The standard InChI is InChI=1S/C30H52O2.C7H15NO/c1-6-20(3)32-16-8-9-22-10-15-30-19-27-24(12-14-29(22,30)5)26(30)17-21(7-2)25-18-23(31)11-13-28(25,27)4;1-3-5-8(7-9)6-4-2/h20-27,31H,6-19H2,1-5H3;7H,3-6H2,1-2H3/t20?,21-,22-,23+,24?,25?,26?,27?,28?,29?,30?;/m0./s1. The van der Waals surface area contributed by atoms with Gasteiger partial charge in [0.15, 0.2) is 0 Å². The van der Waals surface area contributed by atoms with E-state index in [-0.39, 0.29) is 6.10 Å². The smallest absolute Gasteiger partial charge is 0.209 e. The van der Waals surface area contributed by atoms with E-state index in [1.54, 1.807) is 4.90 Å². The van der Waals surface area contributed by atoms with Crippen molar-refractivity contribution in [2.45, 2.75) is 157 Å². The summed E-state index contributed by atoms with van der Waals surface area (Å²) in [5, 5.41) is 10.6. The average molecular weight is 574 g/mol. The van der Waals surface area contributed by atoms with Crippen LogP contribution in [0.15, 0.2) is 0 Å². The number of carbonyl (C=O) groups excluding carboxylic acids is 1. The number of rotatable bonds is 12. The van der Waals surface area contributed by atoms with E-state index in [0.717, 1.165) is 93.7 Å². The van der Waals surface area contributed by atoms with Crippen molar-refractivity contribution in [2.75, 3.05) is 19.7 Å². The summed E-state index contributed by atoms with van der Waals surface area (Å²) in [6, 6.07) is 0. The Morgan fingerprint density at radius 3 is 2.32 bits per heavy atom. The first kappa shape index (κ1) is 33.3. The summed E-state index contributed by atoms with van der Waals surface area (Å²) in [4.78, 5) is 12.0. The molecule has 8 unspecified atom stereocenters. The van der Waals surface area contributed by atoms with Crippen LogP contribution in [0.1, 0.15) is 145 Å². The van der Waals surface area contributed by atoms with Gasteiger partial charge in [-0.1, -0.05) is 48.0 Å². The molecular formula is C37H67NO3. The van der Waals surface area contributed by atoms with E-state index in [0.29, 0.717) is 22.3 Å². The normalized spacial score (nSPS) is 43.3. The molecule has 5 aliphatic rings. The van der Waals surface area contributed by atoms with Gasteiger partial charge < -0.3 is 14.7 Å². The molecule has 5 rings (SSSR count). The van der Waals surface area contributed by atoms with Gasteiger partial charge in [-0.25, -0.2) is 0 Å². The van der Waals surface area contributed by atoms with Gasteiger partial charge in [0.25, 0.3) is 0 Å². The maximum absolute atomic E-state index is 10.6. The monoisotopic (exact) mass is 574 g/mol. The van der Waals surface area contributed by atoms with Crippen molar-refractivity contribution in [3.63, 3.8) is 0 Å². The van der Waals surface area contributed by atoms with Gasteiger partial charge >= 0.3 is 0 Å². The SMILES string of the molecule is CCC(C)OCCC[C@H]1CCC23CC4C(CCC12C)C3C[C@H](CC)C1C[C@H](O)CCC41C.CCCN(C=O)CCC. The minimum atomic E-state index is -0.0323. The van der Waals surface area contributed by atoms with Crippen molar-refractivity contribution in [1.82, 2.24) is 4.90 Å². The lowest BCUT2D eigenvalue weighted by Crippen LogP contribution is -2.48. The molecule has 4 nitrogen and oxygen atoms in total. The second-order valence-corrected chi connectivity index (χ2v) is 15.7. The minimum absolute atomic E-state index is 0.0323. The van der Waals surface area contributed by atoms with Crippen molar-refractivity contribution < 1.29 is 14.6 Å². The van der Waals surface area contributed by atoms with Crippen LogP contribution in [0, 0.1) is 51.8 Å². The first-order valence-electron chi connectivity index (χ1n) is 18.1. The summed E-state index contributed by atoms with van der Waals surface area (Å²) in [6.07, 6.45) is 20.9. The van der Waals surface area contributed by atoms with Gasteiger partial charge in [0, 0.05) is 19.7 Å². The highest BCUT2D eigenvalue weighted by atomic mass is 16.5. The van der Waals surface area contributed by atoms with Gasteiger partial charge in [-0.2, -0.15) is 0 Å². The summed E-state index contributed by atoms with van der Waals surface area (Å²) < 4.78 is 6.05. The summed E-state index contributed by atoms with van der Waals surface area (Å²) in [5.41, 5.74) is 1.67. The fourth-order valence-electron chi connectivity index (χ4n) is 11.7. The molecule has 1 spiro atoms. The van der Waals surface area contributed by atoms with Crippen LogP contribution in [0.2, 0.25) is 0 Å². The van der Waals surface area contributed by atoms with Crippen LogP contribution >= 0.6 is 0 Å². The molecule has 0 aromatic heterocycles. The van der Waals surface area contributed by atoms with Crippen LogP contribution in [0.3, 0.4) is 0 Å². The zero-order valence-electron chi connectivity index (χ0n) is 28.1. The van der Waals surface area contributed by atoms with Gasteiger partial charge in [-0.3, -0.25) is 4.79 Å². The third kappa shape index (κ3) is 6.18. The fourth-order valence-corrected chi connectivity index (χ4v) is 11.7. The van der Waals surface area contributed by atoms with Crippen LogP contribution in [-0.4, -0.2) is 48.3 Å². The lowest BCUT2D eigenvalue weighted by Gasteiger charge is -2.55. The summed E-state index contributed by atoms with van der Waals surface area (Å²) >= 11 is 0. The van der Waals surface area contributed by atoms with Crippen LogP contribution in [-0.2, 0) is 9.53 Å². The number of ether oxygens (including phenoxy) is 1. The second kappa shape index (κ2) is 14.0. The van der Waals surface area contributed by atoms with E-state index in [2.05, 4.69) is 48.5 Å². The molecule has 0 aromatic rings. The third-order valence-electron chi connectivity index (χ3n) is 14.0. The number of fused-ring (bicyclic) bond motifs is 2. The molecule has 1 N–H and O–H groups in total. The van der Waals surface area contributed by atoms with Gasteiger partial charge in [0.05, 0.1) is 12.2 Å². The van der Waals surface area contributed by atoms with Crippen molar-refractivity contribution >= 4 is 6.41 Å². The first-order chi connectivity index (χ1) is 19.6. The Labute approximate surface area is 254 Å². The van der Waals surface area contributed by atoms with Crippen molar-refractivity contribution in [3.05, 3.63) is 0 Å². The quantitative estimate of drug-likeness (QED) is 0.187. The molecule has 238 valence electrons. The van der Waals surface area contributed by atoms with Gasteiger partial charge in [-0.05, 0) is 149 Å². The predicted octanol–water partition coefficient (Wildman–Crippen LogP) is 8.89. The molecule has 5 aliphatic carbocycles. The van der Waals surface area contributed by atoms with E-state index < -0.39 is 0 Å². The first-order valence-corrected chi connectivity index (χ1v) is 18.1. The summed E-state index contributed by atoms with van der Waals surface area (Å²) in [7, 11) is 0. The average Bonchev–Trinajstić information content (AvgIpc) is 3.36. The Hall–Kier alpha value is -0.610. The van der Waals surface area contributed by atoms with Crippen molar-refractivity contribution in [1.29, 1.82) is 0 Å². The Balaban J connectivity index is 0.000000374. The zero-order chi connectivity index (χ0) is 29.8. The molecule has 0 heterocycles. The lowest BCUT2D eigenvalue weighted by atomic mass is 9.50. The molecule has 11 atom stereocenters. The molecule has 4 bridgehead atoms. The Bertz CT molecular complexity index is 827. The summed E-state index contributed by atoms with van der Waals surface area (Å²) in [5.74, 6) is 5.41. The summed E-state index contributed by atoms with van der Waals surface area (Å²) in [6.45, 7) is 19.2.